The van der Waals surface area contributed by atoms with E-state index in [1.54, 1.807) is 0 Å². The Balaban J connectivity index is 1.81. The zero-order valence-electron chi connectivity index (χ0n) is 12.4. The van der Waals surface area contributed by atoms with Crippen LogP contribution in [-0.2, 0) is 4.79 Å². The molecule has 0 aromatic heterocycles. The second-order valence-electron chi connectivity index (χ2n) is 6.84. The topological polar surface area (TPSA) is 55.1 Å². The van der Waals surface area contributed by atoms with Gasteiger partial charge in [0.1, 0.15) is 0 Å². The maximum Gasteiger partial charge on any atom is 0.220 e. The average molecular weight is 266 g/mol. The highest BCUT2D eigenvalue weighted by Gasteiger charge is 2.33. The quantitative estimate of drug-likeness (QED) is 0.803. The third kappa shape index (κ3) is 3.95. The summed E-state index contributed by atoms with van der Waals surface area (Å²) in [6, 6.07) is 0.341. The van der Waals surface area contributed by atoms with Crippen LogP contribution in [0.1, 0.15) is 71.1 Å². The molecule has 19 heavy (non-hydrogen) atoms. The molecule has 2 aliphatic carbocycles. The molecule has 2 rings (SSSR count). The van der Waals surface area contributed by atoms with Gasteiger partial charge in [-0.15, -0.1) is 0 Å². The second kappa shape index (κ2) is 6.74. The molecule has 0 aliphatic heterocycles. The third-order valence-electron chi connectivity index (χ3n) is 5.38. The van der Waals surface area contributed by atoms with Gasteiger partial charge in [-0.05, 0) is 50.5 Å². The summed E-state index contributed by atoms with van der Waals surface area (Å²) in [7, 11) is 0. The molecule has 3 N–H and O–H groups in total. The molecule has 2 fully saturated rings. The summed E-state index contributed by atoms with van der Waals surface area (Å²) in [5, 5.41) is 3.23. The van der Waals surface area contributed by atoms with Gasteiger partial charge in [0.25, 0.3) is 0 Å². The Morgan fingerprint density at radius 3 is 2.42 bits per heavy atom. The fourth-order valence-electron chi connectivity index (χ4n) is 3.98. The first-order valence-electron chi connectivity index (χ1n) is 8.15. The van der Waals surface area contributed by atoms with E-state index >= 15 is 0 Å². The fraction of sp³-hybridized carbons (Fsp3) is 0.938. The highest BCUT2D eigenvalue weighted by molar-refractivity contribution is 5.77. The molecule has 0 aromatic carbocycles. The van der Waals surface area contributed by atoms with Crippen molar-refractivity contribution in [1.29, 1.82) is 0 Å². The molecule has 110 valence electrons. The molecular formula is C16H30N2O. The number of rotatable bonds is 5. The Kier molecular flexibility index (Phi) is 5.26. The van der Waals surface area contributed by atoms with Gasteiger partial charge in [-0.3, -0.25) is 4.79 Å². The van der Waals surface area contributed by atoms with Gasteiger partial charge in [0.2, 0.25) is 5.91 Å². The van der Waals surface area contributed by atoms with Crippen molar-refractivity contribution in [3.8, 4) is 0 Å². The Morgan fingerprint density at radius 2 is 1.84 bits per heavy atom. The van der Waals surface area contributed by atoms with Crippen molar-refractivity contribution in [3.63, 3.8) is 0 Å². The van der Waals surface area contributed by atoms with Gasteiger partial charge in [0, 0.05) is 12.5 Å². The summed E-state index contributed by atoms with van der Waals surface area (Å²) in [6.07, 6.45) is 11.9. The lowest BCUT2D eigenvalue weighted by Gasteiger charge is -2.36. The van der Waals surface area contributed by atoms with E-state index in [2.05, 4.69) is 12.2 Å². The van der Waals surface area contributed by atoms with Crippen LogP contribution >= 0.6 is 0 Å². The minimum absolute atomic E-state index is 0.0950. The molecule has 0 aromatic rings. The molecule has 0 radical (unpaired) electrons. The lowest BCUT2D eigenvalue weighted by Crippen LogP contribution is -2.42. The van der Waals surface area contributed by atoms with Crippen LogP contribution < -0.4 is 11.1 Å². The second-order valence-corrected chi connectivity index (χ2v) is 6.84. The molecular weight excluding hydrogens is 236 g/mol. The van der Waals surface area contributed by atoms with E-state index in [9.17, 15) is 4.79 Å². The van der Waals surface area contributed by atoms with Gasteiger partial charge in [-0.2, -0.15) is 0 Å². The molecule has 2 aliphatic rings. The molecule has 3 nitrogen and oxygen atoms in total. The normalized spacial score (nSPS) is 25.2. The molecule has 0 bridgehead atoms. The fourth-order valence-corrected chi connectivity index (χ4v) is 3.98. The molecule has 2 saturated carbocycles. The number of carbonyl (C=O) groups excluding carboxylic acids is 1. The number of hydrogen-bond donors (Lipinski definition) is 2. The first-order valence-corrected chi connectivity index (χ1v) is 8.15. The smallest absolute Gasteiger partial charge is 0.220 e. The van der Waals surface area contributed by atoms with Crippen LogP contribution in [0.3, 0.4) is 0 Å². The van der Waals surface area contributed by atoms with Gasteiger partial charge in [-0.1, -0.05) is 32.1 Å². The molecule has 1 atom stereocenters. The predicted molar refractivity (Wildman–Crippen MR) is 78.8 cm³/mol. The lowest BCUT2D eigenvalue weighted by atomic mass is 9.71. The van der Waals surface area contributed by atoms with Gasteiger partial charge in [-0.25, -0.2) is 0 Å². The highest BCUT2D eigenvalue weighted by Crippen LogP contribution is 2.38. The Labute approximate surface area is 117 Å². The molecule has 0 heterocycles. The van der Waals surface area contributed by atoms with Crippen LogP contribution in [-0.4, -0.2) is 18.5 Å². The van der Waals surface area contributed by atoms with Gasteiger partial charge >= 0.3 is 0 Å². The molecule has 1 amide bonds. The highest BCUT2D eigenvalue weighted by atomic mass is 16.1. The molecule has 0 spiro atoms. The summed E-state index contributed by atoms with van der Waals surface area (Å²) in [4.78, 5) is 12.3. The van der Waals surface area contributed by atoms with Crippen molar-refractivity contribution in [1.82, 2.24) is 5.32 Å². The monoisotopic (exact) mass is 266 g/mol. The lowest BCUT2D eigenvalue weighted by molar-refractivity contribution is -0.124. The van der Waals surface area contributed by atoms with E-state index in [1.165, 1.54) is 44.9 Å². The van der Waals surface area contributed by atoms with Gasteiger partial charge in [0.15, 0.2) is 0 Å². The van der Waals surface area contributed by atoms with Crippen LogP contribution in [0, 0.1) is 11.3 Å². The third-order valence-corrected chi connectivity index (χ3v) is 5.38. The average Bonchev–Trinajstić information content (AvgIpc) is 2.93. The van der Waals surface area contributed by atoms with Crippen LogP contribution in [0.25, 0.3) is 0 Å². The maximum atomic E-state index is 12.3. The molecule has 3 heteroatoms. The van der Waals surface area contributed by atoms with Gasteiger partial charge < -0.3 is 11.1 Å². The van der Waals surface area contributed by atoms with E-state index in [1.807, 2.05) is 0 Å². The summed E-state index contributed by atoms with van der Waals surface area (Å²) < 4.78 is 0. The van der Waals surface area contributed by atoms with Crippen molar-refractivity contribution in [3.05, 3.63) is 0 Å². The van der Waals surface area contributed by atoms with E-state index in [0.717, 1.165) is 12.8 Å². The number of amides is 1. The number of nitrogens with one attached hydrogen (secondary N) is 1. The van der Waals surface area contributed by atoms with E-state index < -0.39 is 0 Å². The largest absolute Gasteiger partial charge is 0.353 e. The molecule has 0 unspecified atom stereocenters. The summed E-state index contributed by atoms with van der Waals surface area (Å²) >= 11 is 0. The minimum atomic E-state index is 0.0950. The Hall–Kier alpha value is -0.570. The van der Waals surface area contributed by atoms with E-state index in [4.69, 9.17) is 5.73 Å². The van der Waals surface area contributed by atoms with Gasteiger partial charge in [0.05, 0.1) is 0 Å². The van der Waals surface area contributed by atoms with Crippen molar-refractivity contribution < 1.29 is 4.79 Å². The van der Waals surface area contributed by atoms with Crippen molar-refractivity contribution in [2.75, 3.05) is 6.54 Å². The van der Waals surface area contributed by atoms with Crippen molar-refractivity contribution >= 4 is 5.91 Å². The molecule has 0 saturated heterocycles. The van der Waals surface area contributed by atoms with Crippen molar-refractivity contribution in [2.45, 2.75) is 77.2 Å². The zero-order chi connectivity index (χ0) is 13.7. The van der Waals surface area contributed by atoms with Crippen LogP contribution in [0.15, 0.2) is 0 Å². The summed E-state index contributed by atoms with van der Waals surface area (Å²) in [5.41, 5.74) is 6.05. The number of carbonyl (C=O) groups is 1. The van der Waals surface area contributed by atoms with Crippen molar-refractivity contribution in [2.24, 2.45) is 17.1 Å². The van der Waals surface area contributed by atoms with E-state index in [0.29, 0.717) is 24.9 Å². The standard InChI is InChI=1S/C16H30N2O/c1-13(14-7-3-4-8-14)18-15(19)11-16(12-17)9-5-2-6-10-16/h13-14H,2-12,17H2,1H3,(H,18,19)/t13-/m1/s1. The Bertz CT molecular complexity index is 291. The van der Waals surface area contributed by atoms with Crippen LogP contribution in [0.5, 0.6) is 0 Å². The first-order chi connectivity index (χ1) is 9.15. The van der Waals surface area contributed by atoms with E-state index in [-0.39, 0.29) is 11.3 Å². The minimum Gasteiger partial charge on any atom is -0.353 e. The van der Waals surface area contributed by atoms with Crippen LogP contribution in [0.2, 0.25) is 0 Å². The number of nitrogens with two attached hydrogens (primary N) is 1. The maximum absolute atomic E-state index is 12.3. The SMILES string of the molecule is C[C@@H](NC(=O)CC1(CN)CCCCC1)C1CCCC1. The first kappa shape index (κ1) is 14.8. The predicted octanol–water partition coefficient (Wildman–Crippen LogP) is 2.98. The Morgan fingerprint density at radius 1 is 1.21 bits per heavy atom. The number of hydrogen-bond acceptors (Lipinski definition) is 2. The summed E-state index contributed by atoms with van der Waals surface area (Å²) in [5.74, 6) is 0.927. The summed E-state index contributed by atoms with van der Waals surface area (Å²) in [6.45, 7) is 2.84. The zero-order valence-corrected chi connectivity index (χ0v) is 12.4. The van der Waals surface area contributed by atoms with Crippen LogP contribution in [0.4, 0.5) is 0 Å².